The molecule has 0 saturated carbocycles. The highest BCUT2D eigenvalue weighted by Crippen LogP contribution is 2.05. The molecule has 2 nitrogen and oxygen atoms in total. The SMILES string of the molecule is COC(=O)C/C=C\c1ccc(F)cc1. The number of benzene rings is 1. The van der Waals surface area contributed by atoms with E-state index in [0.29, 0.717) is 0 Å². The number of esters is 1. The van der Waals surface area contributed by atoms with Crippen LogP contribution in [0.4, 0.5) is 4.39 Å². The van der Waals surface area contributed by atoms with Gasteiger partial charge in [-0.3, -0.25) is 4.79 Å². The van der Waals surface area contributed by atoms with E-state index in [0.717, 1.165) is 5.56 Å². The molecule has 1 aromatic carbocycles. The van der Waals surface area contributed by atoms with Gasteiger partial charge in [0.05, 0.1) is 13.5 Å². The van der Waals surface area contributed by atoms with Crippen molar-refractivity contribution in [1.29, 1.82) is 0 Å². The van der Waals surface area contributed by atoms with Crippen molar-refractivity contribution in [3.8, 4) is 0 Å². The molecule has 0 bridgehead atoms. The minimum atomic E-state index is -0.289. The molecular formula is C11H11FO2. The summed E-state index contributed by atoms with van der Waals surface area (Å²) >= 11 is 0. The summed E-state index contributed by atoms with van der Waals surface area (Å²) < 4.78 is 17.0. The maximum absolute atomic E-state index is 12.5. The lowest BCUT2D eigenvalue weighted by Crippen LogP contribution is -1.96. The zero-order chi connectivity index (χ0) is 10.4. The van der Waals surface area contributed by atoms with E-state index in [1.807, 2.05) is 0 Å². The molecule has 14 heavy (non-hydrogen) atoms. The van der Waals surface area contributed by atoms with Gasteiger partial charge >= 0.3 is 5.97 Å². The maximum atomic E-state index is 12.5. The molecule has 74 valence electrons. The van der Waals surface area contributed by atoms with Gasteiger partial charge in [0.15, 0.2) is 0 Å². The molecule has 0 N–H and O–H groups in total. The number of halogens is 1. The minimum Gasteiger partial charge on any atom is -0.469 e. The van der Waals surface area contributed by atoms with Crippen molar-refractivity contribution >= 4 is 12.0 Å². The predicted octanol–water partition coefficient (Wildman–Crippen LogP) is 2.40. The van der Waals surface area contributed by atoms with E-state index in [4.69, 9.17) is 0 Å². The number of hydrogen-bond acceptors (Lipinski definition) is 2. The fourth-order valence-corrected chi connectivity index (χ4v) is 0.948. The Morgan fingerprint density at radius 1 is 1.43 bits per heavy atom. The van der Waals surface area contributed by atoms with Crippen molar-refractivity contribution < 1.29 is 13.9 Å². The van der Waals surface area contributed by atoms with Crippen LogP contribution in [0.2, 0.25) is 0 Å². The Morgan fingerprint density at radius 2 is 2.07 bits per heavy atom. The summed E-state index contributed by atoms with van der Waals surface area (Å²) in [5.74, 6) is -0.557. The van der Waals surface area contributed by atoms with E-state index in [-0.39, 0.29) is 18.2 Å². The molecule has 1 aromatic rings. The van der Waals surface area contributed by atoms with E-state index in [2.05, 4.69) is 4.74 Å². The summed E-state index contributed by atoms with van der Waals surface area (Å²) in [6, 6.07) is 6.03. The lowest BCUT2D eigenvalue weighted by Gasteiger charge is -1.93. The first-order valence-electron chi connectivity index (χ1n) is 4.21. The Balaban J connectivity index is 2.52. The first-order valence-corrected chi connectivity index (χ1v) is 4.21. The van der Waals surface area contributed by atoms with Crippen LogP contribution in [-0.4, -0.2) is 13.1 Å². The van der Waals surface area contributed by atoms with Crippen molar-refractivity contribution in [2.24, 2.45) is 0 Å². The first-order chi connectivity index (χ1) is 6.72. The summed E-state index contributed by atoms with van der Waals surface area (Å²) in [5.41, 5.74) is 0.857. The number of carbonyl (C=O) groups is 1. The smallest absolute Gasteiger partial charge is 0.309 e. The molecule has 0 aliphatic carbocycles. The van der Waals surface area contributed by atoms with Crippen LogP contribution in [0.1, 0.15) is 12.0 Å². The molecule has 0 fully saturated rings. The van der Waals surface area contributed by atoms with E-state index in [1.54, 1.807) is 24.3 Å². The number of rotatable bonds is 3. The molecule has 0 aliphatic heterocycles. The third kappa shape index (κ3) is 3.39. The number of ether oxygens (including phenoxy) is 1. The van der Waals surface area contributed by atoms with Crippen LogP contribution in [0.5, 0.6) is 0 Å². The standard InChI is InChI=1S/C11H11FO2/c1-14-11(13)4-2-3-9-5-7-10(12)8-6-9/h2-3,5-8H,4H2,1H3/b3-2-. The van der Waals surface area contributed by atoms with Crippen molar-refractivity contribution in [2.45, 2.75) is 6.42 Å². The largest absolute Gasteiger partial charge is 0.469 e. The third-order valence-electron chi connectivity index (χ3n) is 1.69. The highest BCUT2D eigenvalue weighted by Gasteiger charge is 1.94. The zero-order valence-corrected chi connectivity index (χ0v) is 7.87. The quantitative estimate of drug-likeness (QED) is 0.690. The van der Waals surface area contributed by atoms with Crippen molar-refractivity contribution in [1.82, 2.24) is 0 Å². The van der Waals surface area contributed by atoms with Crippen molar-refractivity contribution in [3.05, 3.63) is 41.7 Å². The Hall–Kier alpha value is -1.64. The molecule has 0 unspecified atom stereocenters. The van der Waals surface area contributed by atoms with Crippen LogP contribution in [0.25, 0.3) is 6.08 Å². The number of carbonyl (C=O) groups excluding carboxylic acids is 1. The second kappa shape index (κ2) is 5.17. The second-order valence-electron chi connectivity index (χ2n) is 2.73. The first kappa shape index (κ1) is 10.4. The number of hydrogen-bond donors (Lipinski definition) is 0. The highest BCUT2D eigenvalue weighted by atomic mass is 19.1. The van der Waals surface area contributed by atoms with E-state index < -0.39 is 0 Å². The fraction of sp³-hybridized carbons (Fsp3) is 0.182. The van der Waals surface area contributed by atoms with E-state index >= 15 is 0 Å². The van der Waals surface area contributed by atoms with Gasteiger partial charge in [0.25, 0.3) is 0 Å². The molecular weight excluding hydrogens is 183 g/mol. The van der Waals surface area contributed by atoms with Crippen LogP contribution in [0.15, 0.2) is 30.3 Å². The third-order valence-corrected chi connectivity index (χ3v) is 1.69. The zero-order valence-electron chi connectivity index (χ0n) is 7.87. The maximum Gasteiger partial charge on any atom is 0.309 e. The highest BCUT2D eigenvalue weighted by molar-refractivity contribution is 5.72. The average molecular weight is 194 g/mol. The van der Waals surface area contributed by atoms with E-state index in [9.17, 15) is 9.18 Å². The van der Waals surface area contributed by atoms with Crippen LogP contribution >= 0.6 is 0 Å². The summed E-state index contributed by atoms with van der Waals surface area (Å²) in [4.78, 5) is 10.7. The molecule has 3 heteroatoms. The number of methoxy groups -OCH3 is 1. The van der Waals surface area contributed by atoms with Crippen LogP contribution in [0, 0.1) is 5.82 Å². The van der Waals surface area contributed by atoms with Crippen LogP contribution < -0.4 is 0 Å². The summed E-state index contributed by atoms with van der Waals surface area (Å²) in [5, 5.41) is 0. The Bertz CT molecular complexity index is 328. The minimum absolute atomic E-state index is 0.230. The van der Waals surface area contributed by atoms with Gasteiger partial charge in [-0.25, -0.2) is 4.39 Å². The van der Waals surface area contributed by atoms with E-state index in [1.165, 1.54) is 19.2 Å². The Kier molecular flexibility index (Phi) is 3.85. The van der Waals surface area contributed by atoms with Gasteiger partial charge in [0.2, 0.25) is 0 Å². The average Bonchev–Trinajstić information content (AvgIpc) is 2.21. The van der Waals surface area contributed by atoms with Crippen LogP contribution in [0.3, 0.4) is 0 Å². The van der Waals surface area contributed by atoms with Gasteiger partial charge in [-0.2, -0.15) is 0 Å². The molecule has 0 heterocycles. The summed E-state index contributed by atoms with van der Waals surface area (Å²) in [7, 11) is 1.34. The molecule has 0 spiro atoms. The van der Waals surface area contributed by atoms with Gasteiger partial charge in [-0.05, 0) is 17.7 Å². The molecule has 0 aromatic heterocycles. The molecule has 0 amide bonds. The molecule has 0 aliphatic rings. The molecule has 0 radical (unpaired) electrons. The van der Waals surface area contributed by atoms with Crippen LogP contribution in [-0.2, 0) is 9.53 Å². The molecule has 1 rings (SSSR count). The summed E-state index contributed by atoms with van der Waals surface area (Å²) in [6.45, 7) is 0. The van der Waals surface area contributed by atoms with Gasteiger partial charge in [-0.15, -0.1) is 0 Å². The lowest BCUT2D eigenvalue weighted by atomic mass is 10.2. The monoisotopic (exact) mass is 194 g/mol. The Labute approximate surface area is 82.0 Å². The van der Waals surface area contributed by atoms with Crippen molar-refractivity contribution in [3.63, 3.8) is 0 Å². The topological polar surface area (TPSA) is 26.3 Å². The lowest BCUT2D eigenvalue weighted by molar-refractivity contribution is -0.139. The summed E-state index contributed by atoms with van der Waals surface area (Å²) in [6.07, 6.45) is 3.66. The van der Waals surface area contributed by atoms with Gasteiger partial charge in [0.1, 0.15) is 5.82 Å². The van der Waals surface area contributed by atoms with Crippen molar-refractivity contribution in [2.75, 3.05) is 7.11 Å². The second-order valence-corrected chi connectivity index (χ2v) is 2.73. The van der Waals surface area contributed by atoms with Gasteiger partial charge < -0.3 is 4.74 Å². The van der Waals surface area contributed by atoms with Gasteiger partial charge in [0, 0.05) is 0 Å². The Morgan fingerprint density at radius 3 is 2.64 bits per heavy atom. The predicted molar refractivity (Wildman–Crippen MR) is 52.1 cm³/mol. The normalized spacial score (nSPS) is 10.4. The molecule has 0 atom stereocenters. The molecule has 0 saturated heterocycles. The fourth-order valence-electron chi connectivity index (χ4n) is 0.948. The van der Waals surface area contributed by atoms with Gasteiger partial charge in [-0.1, -0.05) is 24.3 Å².